The number of nitrogens with one attached hydrogen (secondary N) is 1. The van der Waals surface area contributed by atoms with E-state index in [0.717, 1.165) is 11.1 Å². The van der Waals surface area contributed by atoms with Crippen LogP contribution in [0.25, 0.3) is 10.8 Å². The monoisotopic (exact) mass is 333 g/mol. The van der Waals surface area contributed by atoms with Gasteiger partial charge < -0.3 is 10.8 Å². The maximum absolute atomic E-state index is 12.1. The molecule has 6 N–H and O–H groups in total. The third-order valence-electron chi connectivity index (χ3n) is 3.34. The fraction of sp³-hybridized carbons (Fsp3) is 0. The van der Waals surface area contributed by atoms with Crippen LogP contribution in [0.3, 0.4) is 0 Å². The molecule has 0 spiro atoms. The minimum absolute atomic E-state index is 0. The van der Waals surface area contributed by atoms with E-state index in [-0.39, 0.29) is 10.4 Å². The Bertz CT molecular complexity index is 907. The van der Waals surface area contributed by atoms with Crippen molar-refractivity contribution in [2.75, 3.05) is 5.32 Å². The number of hydrogen-bond donors (Lipinski definition) is 2. The van der Waals surface area contributed by atoms with Crippen molar-refractivity contribution in [1.29, 1.82) is 0 Å². The highest BCUT2D eigenvalue weighted by Crippen LogP contribution is 2.32. The molecular formula is C16H17N2O4S+. The van der Waals surface area contributed by atoms with Crippen molar-refractivity contribution in [3.8, 4) is 0 Å². The minimum Gasteiger partial charge on any atom is -0.412 e. The van der Waals surface area contributed by atoms with Crippen LogP contribution < -0.4 is 11.2 Å². The van der Waals surface area contributed by atoms with Gasteiger partial charge in [0.2, 0.25) is 0 Å². The molecule has 120 valence electrons. The van der Waals surface area contributed by atoms with E-state index in [4.69, 9.17) is 0 Å². The normalized spacial score (nSPS) is 11.0. The summed E-state index contributed by atoms with van der Waals surface area (Å²) >= 11 is 0. The van der Waals surface area contributed by atoms with Crippen molar-refractivity contribution >= 4 is 32.3 Å². The van der Waals surface area contributed by atoms with Gasteiger partial charge in [-0.05, 0) is 29.7 Å². The Morgan fingerprint density at radius 1 is 0.870 bits per heavy atom. The highest BCUT2D eigenvalue weighted by atomic mass is 32.2. The number of rotatable bonds is 4. The predicted octanol–water partition coefficient (Wildman–Crippen LogP) is 1.62. The van der Waals surface area contributed by atoms with E-state index in [2.05, 4.69) is 15.5 Å². The third kappa shape index (κ3) is 3.33. The van der Waals surface area contributed by atoms with Crippen molar-refractivity contribution in [2.24, 2.45) is 0 Å². The molecule has 0 atom stereocenters. The second-order valence-electron chi connectivity index (χ2n) is 4.72. The quantitative estimate of drug-likeness (QED) is 0.706. The zero-order chi connectivity index (χ0) is 15.6. The second kappa shape index (κ2) is 6.76. The largest absolute Gasteiger partial charge is 0.412 e. The first-order valence-electron chi connectivity index (χ1n) is 6.64. The van der Waals surface area contributed by atoms with E-state index in [0.29, 0.717) is 11.1 Å². The van der Waals surface area contributed by atoms with Crippen LogP contribution in [0.5, 0.6) is 0 Å². The van der Waals surface area contributed by atoms with Gasteiger partial charge in [0, 0.05) is 16.8 Å². The third-order valence-corrected chi connectivity index (χ3v) is 4.53. The van der Waals surface area contributed by atoms with E-state index in [1.807, 2.05) is 54.6 Å². The van der Waals surface area contributed by atoms with Gasteiger partial charge in [0.25, 0.3) is 0 Å². The number of anilines is 2. The maximum atomic E-state index is 12.1. The minimum atomic E-state index is -3.89. The van der Waals surface area contributed by atoms with E-state index in [9.17, 15) is 8.42 Å². The Morgan fingerprint density at radius 2 is 1.52 bits per heavy atom. The first-order chi connectivity index (χ1) is 10.6. The highest BCUT2D eigenvalue weighted by molar-refractivity contribution is 7.86. The fourth-order valence-corrected chi connectivity index (χ4v) is 3.21. The van der Waals surface area contributed by atoms with Crippen LogP contribution in [0.1, 0.15) is 0 Å². The first-order valence-corrected chi connectivity index (χ1v) is 8.05. The molecule has 0 unspecified atom stereocenters. The Balaban J connectivity index is 0.00000192. The Morgan fingerprint density at radius 3 is 2.17 bits per heavy atom. The zero-order valence-corrected chi connectivity index (χ0v) is 13.0. The molecule has 0 heterocycles. The summed E-state index contributed by atoms with van der Waals surface area (Å²) in [5, 5.41) is 4.63. The van der Waals surface area contributed by atoms with Crippen LogP contribution in [0.15, 0.2) is 71.6 Å². The lowest BCUT2D eigenvalue weighted by molar-refractivity contribution is -0.635. The van der Waals surface area contributed by atoms with Crippen LogP contribution >= 0.6 is 0 Å². The maximum Gasteiger partial charge on any atom is 0.343 e. The Labute approximate surface area is 133 Å². The van der Waals surface area contributed by atoms with E-state index in [1.165, 1.54) is 6.07 Å². The number of fused-ring (bicyclic) bond motifs is 1. The molecule has 0 aliphatic heterocycles. The molecule has 23 heavy (non-hydrogen) atoms. The molecule has 3 rings (SSSR count). The van der Waals surface area contributed by atoms with E-state index >= 15 is 0 Å². The summed E-state index contributed by atoms with van der Waals surface area (Å²) < 4.78 is 28.6. The average molecular weight is 333 g/mol. The summed E-state index contributed by atoms with van der Waals surface area (Å²) in [4.78, 5) is 0.0963. The lowest BCUT2D eigenvalue weighted by atomic mass is 10.1. The fourth-order valence-electron chi connectivity index (χ4n) is 2.36. The summed E-state index contributed by atoms with van der Waals surface area (Å²) in [7, 11) is -3.89. The van der Waals surface area contributed by atoms with Gasteiger partial charge in [0.05, 0.1) is 0 Å². The van der Waals surface area contributed by atoms with Gasteiger partial charge in [0.1, 0.15) is 4.90 Å². The number of para-hydroxylation sites is 1. The van der Waals surface area contributed by atoms with Crippen molar-refractivity contribution < 1.29 is 24.1 Å². The molecule has 0 radical (unpaired) electrons. The van der Waals surface area contributed by atoms with Gasteiger partial charge in [-0.1, -0.05) is 46.7 Å². The van der Waals surface area contributed by atoms with Crippen molar-refractivity contribution in [1.82, 2.24) is 0 Å². The second-order valence-corrected chi connectivity index (χ2v) is 6.31. The van der Waals surface area contributed by atoms with Gasteiger partial charge in [-0.25, -0.2) is 0 Å². The van der Waals surface area contributed by atoms with Crippen molar-refractivity contribution in [3.05, 3.63) is 66.7 Å². The van der Waals surface area contributed by atoms with E-state index in [1.54, 1.807) is 6.07 Å². The summed E-state index contributed by atoms with van der Waals surface area (Å²) in [6.45, 7) is 0. The molecule has 0 fully saturated rings. The molecule has 0 amide bonds. The predicted molar refractivity (Wildman–Crippen MR) is 88.4 cm³/mol. The molecule has 7 heteroatoms. The van der Waals surface area contributed by atoms with Gasteiger partial charge in [-0.3, -0.25) is 0 Å². The van der Waals surface area contributed by atoms with Crippen LogP contribution in [0.4, 0.5) is 11.4 Å². The topological polar surface area (TPSA) is 115 Å². The summed E-state index contributed by atoms with van der Waals surface area (Å²) in [6.07, 6.45) is 0. The molecular weight excluding hydrogens is 316 g/mol. The molecule has 0 aliphatic carbocycles. The SMILES string of the molecule is O.[NH3+]OS(=O)(=O)c1cccc2cccc(Nc3ccccc3)c12. The van der Waals surface area contributed by atoms with Crippen LogP contribution in [-0.2, 0) is 14.4 Å². The summed E-state index contributed by atoms with van der Waals surface area (Å²) in [5.74, 6) is 3.05. The van der Waals surface area contributed by atoms with Crippen molar-refractivity contribution in [2.45, 2.75) is 4.90 Å². The summed E-state index contributed by atoms with van der Waals surface area (Å²) in [5.41, 5.74) is 1.57. The number of benzene rings is 3. The van der Waals surface area contributed by atoms with Gasteiger partial charge in [-0.2, -0.15) is 14.3 Å². The van der Waals surface area contributed by atoms with Gasteiger partial charge in [-0.15, -0.1) is 0 Å². The number of quaternary nitrogens is 1. The summed E-state index contributed by atoms with van der Waals surface area (Å²) in [6, 6.07) is 20.2. The van der Waals surface area contributed by atoms with Crippen LogP contribution in [-0.4, -0.2) is 13.9 Å². The standard InChI is InChI=1S/C16H15N2O3S.H2O/c17-21-22(19,20)15-11-5-7-12-6-4-10-14(16(12)15)18-13-8-2-1-3-9-13;/h1-11,18H,17H3;1H2/q+1;. The molecule has 0 aliphatic rings. The van der Waals surface area contributed by atoms with E-state index < -0.39 is 10.1 Å². The van der Waals surface area contributed by atoms with Gasteiger partial charge in [0.15, 0.2) is 0 Å². The molecule has 0 bridgehead atoms. The molecule has 3 aromatic carbocycles. The number of hydrogen-bond acceptors (Lipinski definition) is 4. The molecule has 3 aromatic rings. The molecule has 6 nitrogen and oxygen atoms in total. The van der Waals surface area contributed by atoms with Crippen LogP contribution in [0, 0.1) is 0 Å². The first kappa shape index (κ1) is 16.9. The lowest BCUT2D eigenvalue weighted by Crippen LogP contribution is -2.51. The molecule has 0 aromatic heterocycles. The smallest absolute Gasteiger partial charge is 0.343 e. The van der Waals surface area contributed by atoms with Crippen molar-refractivity contribution in [3.63, 3.8) is 0 Å². The zero-order valence-electron chi connectivity index (χ0n) is 12.2. The Hall–Kier alpha value is -2.45. The lowest BCUT2D eigenvalue weighted by Gasteiger charge is -2.12. The molecule has 0 saturated heterocycles. The van der Waals surface area contributed by atoms with Gasteiger partial charge >= 0.3 is 10.1 Å². The average Bonchev–Trinajstić information content (AvgIpc) is 2.55. The highest BCUT2D eigenvalue weighted by Gasteiger charge is 2.21. The Kier molecular flexibility index (Phi) is 4.97. The van der Waals surface area contributed by atoms with Crippen LogP contribution in [0.2, 0.25) is 0 Å². The molecule has 0 saturated carbocycles.